The number of Topliss-reactive ketones (excluding diaryl/α,β-unsaturated/α-hetero) is 1. The molecule has 0 atom stereocenters. The molecule has 1 heterocycles. The molecule has 2 heteroatoms. The van der Waals surface area contributed by atoms with Gasteiger partial charge in [-0.05, 0) is 16.9 Å². The van der Waals surface area contributed by atoms with Crippen LogP contribution in [0.1, 0.15) is 25.1 Å². The summed E-state index contributed by atoms with van der Waals surface area (Å²) in [7, 11) is 0. The third-order valence-electron chi connectivity index (χ3n) is 2.24. The van der Waals surface area contributed by atoms with Gasteiger partial charge < -0.3 is 0 Å². The molecule has 13 heavy (non-hydrogen) atoms. The maximum absolute atomic E-state index is 11.6. The maximum atomic E-state index is 11.6. The van der Waals surface area contributed by atoms with Crippen LogP contribution in [0.3, 0.4) is 0 Å². The summed E-state index contributed by atoms with van der Waals surface area (Å²) in [6.45, 7) is 4.21. The predicted octanol–water partition coefficient (Wildman–Crippen LogP) is 3.13. The number of carbonyl (C=O) groups excluding carboxylic acids is 1. The molecule has 1 aliphatic rings. The summed E-state index contributed by atoms with van der Waals surface area (Å²) < 4.78 is 0. The Labute approximate surface area is 82.1 Å². The first-order valence-corrected chi connectivity index (χ1v) is 5.26. The average molecular weight is 192 g/mol. The van der Waals surface area contributed by atoms with E-state index in [4.69, 9.17) is 0 Å². The zero-order valence-electron chi connectivity index (χ0n) is 7.83. The van der Waals surface area contributed by atoms with Crippen molar-refractivity contribution in [2.45, 2.75) is 20.3 Å². The van der Waals surface area contributed by atoms with Crippen LogP contribution in [0.25, 0.3) is 5.57 Å². The van der Waals surface area contributed by atoms with E-state index in [1.54, 1.807) is 11.3 Å². The van der Waals surface area contributed by atoms with Crippen LogP contribution < -0.4 is 0 Å². The molecular weight excluding hydrogens is 180 g/mol. The monoisotopic (exact) mass is 192 g/mol. The molecule has 2 rings (SSSR count). The minimum absolute atomic E-state index is 0.0520. The zero-order chi connectivity index (χ0) is 9.47. The van der Waals surface area contributed by atoms with Gasteiger partial charge in [-0.3, -0.25) is 4.79 Å². The molecule has 0 saturated carbocycles. The Kier molecular flexibility index (Phi) is 1.88. The Morgan fingerprint density at radius 3 is 2.69 bits per heavy atom. The molecule has 0 aliphatic heterocycles. The summed E-state index contributed by atoms with van der Waals surface area (Å²) in [6.07, 6.45) is 2.75. The Morgan fingerprint density at radius 1 is 1.46 bits per heavy atom. The van der Waals surface area contributed by atoms with Crippen molar-refractivity contribution in [3.05, 3.63) is 28.5 Å². The molecule has 0 radical (unpaired) electrons. The van der Waals surface area contributed by atoms with Crippen molar-refractivity contribution in [2.24, 2.45) is 5.41 Å². The standard InChI is InChI=1S/C11H12OS/c1-11(2)6-8(9(12)7-11)10-4-3-5-13-10/h3-6H,7H2,1-2H3. The molecule has 0 unspecified atom stereocenters. The molecule has 68 valence electrons. The molecule has 0 saturated heterocycles. The van der Waals surface area contributed by atoms with Crippen LogP contribution in [-0.2, 0) is 4.79 Å². The number of thiophene rings is 1. The molecule has 0 spiro atoms. The first kappa shape index (κ1) is 8.70. The fourth-order valence-corrected chi connectivity index (χ4v) is 2.43. The number of carbonyl (C=O) groups is 1. The highest BCUT2D eigenvalue weighted by atomic mass is 32.1. The SMILES string of the molecule is CC1(C)C=C(c2cccs2)C(=O)C1. The van der Waals surface area contributed by atoms with Crippen LogP contribution in [0.5, 0.6) is 0 Å². The fraction of sp³-hybridized carbons (Fsp3) is 0.364. The number of ketones is 1. The number of rotatable bonds is 1. The summed E-state index contributed by atoms with van der Waals surface area (Å²) in [6, 6.07) is 4.00. The van der Waals surface area contributed by atoms with E-state index in [0.717, 1.165) is 10.5 Å². The second-order valence-corrected chi connectivity index (χ2v) is 5.07. The van der Waals surface area contributed by atoms with Crippen LogP contribution in [-0.4, -0.2) is 5.78 Å². The van der Waals surface area contributed by atoms with Crippen molar-refractivity contribution < 1.29 is 4.79 Å². The third-order valence-corrected chi connectivity index (χ3v) is 3.14. The van der Waals surface area contributed by atoms with E-state index in [2.05, 4.69) is 19.9 Å². The summed E-state index contributed by atoms with van der Waals surface area (Å²) >= 11 is 1.64. The van der Waals surface area contributed by atoms with Crippen molar-refractivity contribution in [2.75, 3.05) is 0 Å². The Morgan fingerprint density at radius 2 is 2.23 bits per heavy atom. The van der Waals surface area contributed by atoms with E-state index < -0.39 is 0 Å². The molecule has 0 fully saturated rings. The van der Waals surface area contributed by atoms with Crippen molar-refractivity contribution in [1.29, 1.82) is 0 Å². The summed E-state index contributed by atoms with van der Waals surface area (Å²) in [4.78, 5) is 12.7. The lowest BCUT2D eigenvalue weighted by Gasteiger charge is -2.10. The Hall–Kier alpha value is -0.890. The van der Waals surface area contributed by atoms with Gasteiger partial charge in [-0.2, -0.15) is 0 Å². The van der Waals surface area contributed by atoms with Crippen LogP contribution >= 0.6 is 11.3 Å². The topological polar surface area (TPSA) is 17.1 Å². The van der Waals surface area contributed by atoms with Gasteiger partial charge in [0.2, 0.25) is 0 Å². The highest BCUT2D eigenvalue weighted by Gasteiger charge is 2.30. The van der Waals surface area contributed by atoms with Gasteiger partial charge in [-0.15, -0.1) is 11.3 Å². The largest absolute Gasteiger partial charge is 0.294 e. The van der Waals surface area contributed by atoms with Gasteiger partial charge in [0.1, 0.15) is 0 Å². The molecular formula is C11H12OS. The smallest absolute Gasteiger partial charge is 0.164 e. The van der Waals surface area contributed by atoms with Gasteiger partial charge >= 0.3 is 0 Å². The average Bonchev–Trinajstić information content (AvgIpc) is 2.56. The van der Waals surface area contributed by atoms with Crippen LogP contribution in [0.4, 0.5) is 0 Å². The first-order valence-electron chi connectivity index (χ1n) is 4.38. The minimum atomic E-state index is 0.0520. The van der Waals surface area contributed by atoms with Gasteiger partial charge in [-0.1, -0.05) is 26.0 Å². The van der Waals surface area contributed by atoms with E-state index in [-0.39, 0.29) is 11.2 Å². The van der Waals surface area contributed by atoms with Gasteiger partial charge in [0.05, 0.1) is 0 Å². The van der Waals surface area contributed by atoms with Crippen LogP contribution in [0.2, 0.25) is 0 Å². The summed E-state index contributed by atoms with van der Waals surface area (Å²) in [5.41, 5.74) is 0.969. The molecule has 0 aromatic carbocycles. The van der Waals surface area contributed by atoms with Gasteiger partial charge in [-0.25, -0.2) is 0 Å². The summed E-state index contributed by atoms with van der Waals surface area (Å²) in [5.74, 6) is 0.285. The lowest BCUT2D eigenvalue weighted by molar-refractivity contribution is -0.114. The van der Waals surface area contributed by atoms with E-state index in [0.29, 0.717) is 6.42 Å². The van der Waals surface area contributed by atoms with E-state index in [9.17, 15) is 4.79 Å². The fourth-order valence-electron chi connectivity index (χ4n) is 1.67. The lowest BCUT2D eigenvalue weighted by atomic mass is 9.93. The van der Waals surface area contributed by atoms with Crippen LogP contribution in [0, 0.1) is 5.41 Å². The highest BCUT2D eigenvalue weighted by molar-refractivity contribution is 7.11. The van der Waals surface area contributed by atoms with E-state index in [1.807, 2.05) is 17.5 Å². The Balaban J connectivity index is 2.40. The van der Waals surface area contributed by atoms with Crippen molar-refractivity contribution in [1.82, 2.24) is 0 Å². The van der Waals surface area contributed by atoms with Crippen LogP contribution in [0.15, 0.2) is 23.6 Å². The summed E-state index contributed by atoms with van der Waals surface area (Å²) in [5, 5.41) is 2.01. The molecule has 0 N–H and O–H groups in total. The molecule has 1 aromatic rings. The molecule has 1 nitrogen and oxygen atoms in total. The van der Waals surface area contributed by atoms with Gasteiger partial charge in [0.25, 0.3) is 0 Å². The lowest BCUT2D eigenvalue weighted by Crippen LogP contribution is -2.05. The molecule has 1 aliphatic carbocycles. The number of hydrogen-bond donors (Lipinski definition) is 0. The van der Waals surface area contributed by atoms with Gasteiger partial charge in [0, 0.05) is 16.9 Å². The third kappa shape index (κ3) is 1.59. The predicted molar refractivity (Wildman–Crippen MR) is 55.7 cm³/mol. The zero-order valence-corrected chi connectivity index (χ0v) is 8.65. The quantitative estimate of drug-likeness (QED) is 0.668. The Bertz CT molecular complexity index is 357. The number of allylic oxidation sites excluding steroid dienone is 2. The van der Waals surface area contributed by atoms with E-state index >= 15 is 0 Å². The van der Waals surface area contributed by atoms with E-state index in [1.165, 1.54) is 0 Å². The second kappa shape index (κ2) is 2.81. The van der Waals surface area contributed by atoms with Crippen molar-refractivity contribution in [3.63, 3.8) is 0 Å². The highest BCUT2D eigenvalue weighted by Crippen LogP contribution is 2.38. The van der Waals surface area contributed by atoms with Gasteiger partial charge in [0.15, 0.2) is 5.78 Å². The minimum Gasteiger partial charge on any atom is -0.294 e. The molecule has 1 aromatic heterocycles. The molecule has 0 amide bonds. The molecule has 0 bridgehead atoms. The van der Waals surface area contributed by atoms with Crippen molar-refractivity contribution in [3.8, 4) is 0 Å². The second-order valence-electron chi connectivity index (χ2n) is 4.12. The maximum Gasteiger partial charge on any atom is 0.164 e. The number of hydrogen-bond acceptors (Lipinski definition) is 2. The normalized spacial score (nSPS) is 20.5. The first-order chi connectivity index (χ1) is 6.08. The van der Waals surface area contributed by atoms with Crippen molar-refractivity contribution >= 4 is 22.7 Å².